The van der Waals surface area contributed by atoms with Crippen LogP contribution < -0.4 is 15.2 Å². The number of aliphatic imine (C=N–C) groups is 1. The number of nitrogens with two attached hydrogens (primary N) is 1. The molecule has 0 bridgehead atoms. The van der Waals surface area contributed by atoms with Crippen LogP contribution in [0, 0.1) is 5.95 Å². The topological polar surface area (TPSA) is 101 Å². The molecule has 2 aliphatic rings. The number of benzene rings is 1. The Morgan fingerprint density at radius 3 is 2.76 bits per heavy atom. The van der Waals surface area contributed by atoms with E-state index in [0.29, 0.717) is 46.2 Å². The summed E-state index contributed by atoms with van der Waals surface area (Å²) >= 11 is 0. The molecule has 4 heterocycles. The van der Waals surface area contributed by atoms with E-state index in [2.05, 4.69) is 15.0 Å². The van der Waals surface area contributed by atoms with Crippen LogP contribution in [0.4, 0.5) is 4.39 Å². The Morgan fingerprint density at radius 2 is 2.03 bits per heavy atom. The maximum atomic E-state index is 14.4. The Morgan fingerprint density at radius 1 is 1.18 bits per heavy atom. The van der Waals surface area contributed by atoms with E-state index in [-0.39, 0.29) is 12.6 Å². The van der Waals surface area contributed by atoms with Crippen LogP contribution in [0.25, 0.3) is 11.1 Å². The summed E-state index contributed by atoms with van der Waals surface area (Å²) in [6.07, 6.45) is 3.00. The van der Waals surface area contributed by atoms with Gasteiger partial charge in [0, 0.05) is 24.4 Å². The Kier molecular flexibility index (Phi) is 4.93. The van der Waals surface area contributed by atoms with Crippen LogP contribution in [0.3, 0.4) is 0 Å². The Labute approximate surface area is 190 Å². The first-order chi connectivity index (χ1) is 15.8. The molecule has 1 aromatic carbocycles. The van der Waals surface area contributed by atoms with Gasteiger partial charge in [-0.1, -0.05) is 6.07 Å². The first-order valence-corrected chi connectivity index (χ1v) is 10.4. The highest BCUT2D eigenvalue weighted by Crippen LogP contribution is 2.51. The van der Waals surface area contributed by atoms with Gasteiger partial charge in [-0.3, -0.25) is 0 Å². The zero-order valence-corrected chi connectivity index (χ0v) is 18.5. The van der Waals surface area contributed by atoms with Crippen molar-refractivity contribution in [1.82, 2.24) is 9.97 Å². The number of fused-ring (bicyclic) bond motifs is 4. The van der Waals surface area contributed by atoms with E-state index >= 15 is 0 Å². The number of aromatic nitrogens is 2. The molecule has 3 aromatic rings. The van der Waals surface area contributed by atoms with Crippen LogP contribution in [-0.4, -0.2) is 41.9 Å². The molecule has 33 heavy (non-hydrogen) atoms. The fourth-order valence-corrected chi connectivity index (χ4v) is 3.87. The van der Waals surface area contributed by atoms with Crippen molar-refractivity contribution in [3.8, 4) is 28.5 Å². The molecule has 5 rings (SSSR count). The summed E-state index contributed by atoms with van der Waals surface area (Å²) < 4.78 is 37.4. The second-order valence-electron chi connectivity index (χ2n) is 8.53. The van der Waals surface area contributed by atoms with Crippen molar-refractivity contribution in [2.24, 2.45) is 10.7 Å². The zero-order chi connectivity index (χ0) is 23.2. The second kappa shape index (κ2) is 7.70. The number of halogens is 1. The normalized spacial score (nSPS) is 18.7. The van der Waals surface area contributed by atoms with Crippen LogP contribution in [0.1, 0.15) is 25.0 Å². The number of amidine groups is 1. The van der Waals surface area contributed by atoms with Crippen molar-refractivity contribution in [3.63, 3.8) is 0 Å². The minimum atomic E-state index is -1.01. The SMILES string of the molecule is COC(C)(C)COc1cnc2c(c1)[C@@]1(COC(N)=N1)c1cc(-c3cccnc3F)ccc1O2. The summed E-state index contributed by atoms with van der Waals surface area (Å²) in [7, 11) is 1.63. The third-order valence-corrected chi connectivity index (χ3v) is 5.84. The lowest BCUT2D eigenvalue weighted by Crippen LogP contribution is -2.32. The van der Waals surface area contributed by atoms with E-state index in [1.807, 2.05) is 26.0 Å². The van der Waals surface area contributed by atoms with Crippen LogP contribution in [0.2, 0.25) is 0 Å². The number of hydrogen-bond donors (Lipinski definition) is 1. The molecule has 0 unspecified atom stereocenters. The van der Waals surface area contributed by atoms with Gasteiger partial charge in [-0.25, -0.2) is 15.0 Å². The van der Waals surface area contributed by atoms with Crippen molar-refractivity contribution in [2.45, 2.75) is 25.0 Å². The van der Waals surface area contributed by atoms with Crippen molar-refractivity contribution in [2.75, 3.05) is 20.3 Å². The van der Waals surface area contributed by atoms with Gasteiger partial charge in [0.15, 0.2) is 5.54 Å². The molecule has 0 saturated carbocycles. The number of ether oxygens (including phenoxy) is 4. The molecule has 2 aromatic heterocycles. The third kappa shape index (κ3) is 3.64. The fourth-order valence-electron chi connectivity index (χ4n) is 3.87. The number of nitrogens with zero attached hydrogens (tertiary/aromatic N) is 3. The molecule has 1 atom stereocenters. The lowest BCUT2D eigenvalue weighted by Gasteiger charge is -2.33. The first-order valence-electron chi connectivity index (χ1n) is 10.4. The number of methoxy groups -OCH3 is 1. The highest BCUT2D eigenvalue weighted by molar-refractivity contribution is 5.77. The van der Waals surface area contributed by atoms with E-state index in [1.54, 1.807) is 37.6 Å². The summed E-state index contributed by atoms with van der Waals surface area (Å²) in [5, 5.41) is 0. The molecule has 0 aliphatic carbocycles. The minimum absolute atomic E-state index is 0.0543. The predicted molar refractivity (Wildman–Crippen MR) is 119 cm³/mol. The fraction of sp³-hybridized carbons (Fsp3) is 0.292. The molecule has 0 amide bonds. The van der Waals surface area contributed by atoms with Crippen LogP contribution in [0.15, 0.2) is 53.8 Å². The van der Waals surface area contributed by atoms with Crippen LogP contribution in [-0.2, 0) is 15.0 Å². The molecule has 1 spiro atoms. The number of rotatable bonds is 5. The Bertz CT molecular complexity index is 1260. The maximum Gasteiger partial charge on any atom is 0.283 e. The minimum Gasteiger partial charge on any atom is -0.489 e. The van der Waals surface area contributed by atoms with Gasteiger partial charge in [-0.15, -0.1) is 0 Å². The van der Waals surface area contributed by atoms with E-state index in [4.69, 9.17) is 24.7 Å². The van der Waals surface area contributed by atoms with Gasteiger partial charge in [0.1, 0.15) is 24.7 Å². The molecule has 8 nitrogen and oxygen atoms in total. The zero-order valence-electron chi connectivity index (χ0n) is 18.5. The smallest absolute Gasteiger partial charge is 0.283 e. The van der Waals surface area contributed by atoms with Gasteiger partial charge in [-0.2, -0.15) is 4.39 Å². The molecule has 0 radical (unpaired) electrons. The quantitative estimate of drug-likeness (QED) is 0.590. The van der Waals surface area contributed by atoms with Crippen molar-refractivity contribution < 1.29 is 23.3 Å². The van der Waals surface area contributed by atoms with E-state index in [1.165, 1.54) is 6.20 Å². The van der Waals surface area contributed by atoms with E-state index in [9.17, 15) is 4.39 Å². The molecular formula is C24H23FN4O4. The predicted octanol–water partition coefficient (Wildman–Crippen LogP) is 3.78. The highest BCUT2D eigenvalue weighted by atomic mass is 19.1. The first kappa shape index (κ1) is 21.1. The highest BCUT2D eigenvalue weighted by Gasteiger charge is 2.48. The van der Waals surface area contributed by atoms with Gasteiger partial charge in [-0.05, 0) is 49.7 Å². The molecule has 9 heteroatoms. The Hall–Kier alpha value is -3.72. The van der Waals surface area contributed by atoms with Crippen molar-refractivity contribution in [1.29, 1.82) is 0 Å². The third-order valence-electron chi connectivity index (χ3n) is 5.84. The summed E-state index contributed by atoms with van der Waals surface area (Å²) in [6, 6.07) is 10.6. The van der Waals surface area contributed by atoms with Crippen LogP contribution in [0.5, 0.6) is 17.4 Å². The molecule has 2 aliphatic heterocycles. The molecule has 2 N–H and O–H groups in total. The summed E-state index contributed by atoms with van der Waals surface area (Å²) in [4.78, 5) is 12.9. The van der Waals surface area contributed by atoms with Crippen molar-refractivity contribution in [3.05, 3.63) is 65.9 Å². The Balaban J connectivity index is 1.61. The lowest BCUT2D eigenvalue weighted by atomic mass is 9.81. The summed E-state index contributed by atoms with van der Waals surface area (Å²) in [5.41, 5.74) is 6.80. The average molecular weight is 450 g/mol. The average Bonchev–Trinajstić information content (AvgIpc) is 3.20. The van der Waals surface area contributed by atoms with Gasteiger partial charge in [0.2, 0.25) is 11.8 Å². The number of pyridine rings is 2. The van der Waals surface area contributed by atoms with Gasteiger partial charge < -0.3 is 24.7 Å². The molecule has 0 fully saturated rings. The van der Waals surface area contributed by atoms with Gasteiger partial charge in [0.05, 0.1) is 17.4 Å². The van der Waals surface area contributed by atoms with Crippen LogP contribution >= 0.6 is 0 Å². The van der Waals surface area contributed by atoms with Gasteiger partial charge in [0.25, 0.3) is 6.02 Å². The van der Waals surface area contributed by atoms with Crippen molar-refractivity contribution >= 4 is 6.02 Å². The largest absolute Gasteiger partial charge is 0.489 e. The summed E-state index contributed by atoms with van der Waals surface area (Å²) in [5.74, 6) is 0.885. The molecule has 170 valence electrons. The molecule has 0 saturated heterocycles. The second-order valence-corrected chi connectivity index (χ2v) is 8.53. The summed E-state index contributed by atoms with van der Waals surface area (Å²) in [6.45, 7) is 4.32. The molecular weight excluding hydrogens is 427 g/mol. The standard InChI is InChI=1S/C24H23FN4O4/c1-23(2,30-3)12-31-15-10-18-21(28-11-15)33-19-7-6-14(16-5-4-8-27-20(16)25)9-17(19)24(18)13-32-22(26)29-24/h4-11H,12-13H2,1-3H3,(H2,26,29)/t24-/m1/s1. The van der Waals surface area contributed by atoms with E-state index < -0.39 is 17.1 Å². The van der Waals surface area contributed by atoms with Gasteiger partial charge >= 0.3 is 0 Å². The van der Waals surface area contributed by atoms with E-state index in [0.717, 1.165) is 0 Å². The maximum absolute atomic E-state index is 14.4. The number of hydrogen-bond acceptors (Lipinski definition) is 8. The monoisotopic (exact) mass is 450 g/mol. The lowest BCUT2D eigenvalue weighted by molar-refractivity contribution is -0.0148.